The number of aryl methyl sites for hydroxylation is 1. The lowest BCUT2D eigenvalue weighted by molar-refractivity contribution is 0.0519. The molecule has 0 amide bonds. The van der Waals surface area contributed by atoms with Crippen molar-refractivity contribution in [1.29, 1.82) is 0 Å². The fourth-order valence-corrected chi connectivity index (χ4v) is 3.75. The number of aromatic nitrogens is 5. The molecule has 0 saturated carbocycles. The fourth-order valence-electron chi connectivity index (χ4n) is 2.97. The number of hydrogen-bond donors (Lipinski definition) is 1. The first-order chi connectivity index (χ1) is 13.4. The predicted molar refractivity (Wildman–Crippen MR) is 106 cm³/mol. The zero-order valence-corrected chi connectivity index (χ0v) is 17.0. The zero-order valence-electron chi connectivity index (χ0n) is 16.1. The summed E-state index contributed by atoms with van der Waals surface area (Å²) in [5.74, 6) is 0.353. The zero-order chi connectivity index (χ0) is 20.3. The lowest BCUT2D eigenvalue weighted by Gasteiger charge is -2.04. The molecule has 9 heteroatoms. The topological polar surface area (TPSA) is 103 Å². The molecule has 3 aromatic heterocycles. The third-order valence-corrected chi connectivity index (χ3v) is 5.32. The van der Waals surface area contributed by atoms with E-state index in [1.54, 1.807) is 33.2 Å². The van der Waals surface area contributed by atoms with Crippen LogP contribution in [0.15, 0.2) is 29.7 Å². The van der Waals surface area contributed by atoms with Gasteiger partial charge in [0.1, 0.15) is 5.69 Å². The Kier molecular flexibility index (Phi) is 5.93. The predicted octanol–water partition coefficient (Wildman–Crippen LogP) is 2.97. The molecule has 0 aliphatic carbocycles. The number of carbonyl (C=O) groups is 2. The number of thioether (sulfide) groups is 1. The number of Topliss-reactive ketones (excluding diaryl/α,β-unsaturated/α-hetero) is 1. The molecule has 0 spiro atoms. The van der Waals surface area contributed by atoms with Crippen LogP contribution >= 0.6 is 11.8 Å². The van der Waals surface area contributed by atoms with Crippen molar-refractivity contribution in [2.75, 3.05) is 12.4 Å². The van der Waals surface area contributed by atoms with Crippen LogP contribution in [0.5, 0.6) is 0 Å². The highest BCUT2D eigenvalue weighted by Gasteiger charge is 2.23. The van der Waals surface area contributed by atoms with Crippen LogP contribution in [0.25, 0.3) is 11.4 Å². The number of H-pyrrole nitrogens is 1. The molecule has 0 unspecified atom stereocenters. The van der Waals surface area contributed by atoms with Gasteiger partial charge in [0, 0.05) is 36.3 Å². The van der Waals surface area contributed by atoms with Crippen LogP contribution in [0.2, 0.25) is 0 Å². The maximum atomic E-state index is 12.8. The number of esters is 1. The molecule has 0 radical (unpaired) electrons. The first kappa shape index (κ1) is 19.8. The summed E-state index contributed by atoms with van der Waals surface area (Å²) in [6.45, 7) is 5.54. The Balaban J connectivity index is 1.75. The molecule has 28 heavy (non-hydrogen) atoms. The third kappa shape index (κ3) is 3.84. The van der Waals surface area contributed by atoms with E-state index >= 15 is 0 Å². The van der Waals surface area contributed by atoms with Gasteiger partial charge >= 0.3 is 5.97 Å². The number of carbonyl (C=O) groups excluding carboxylic acids is 2. The van der Waals surface area contributed by atoms with Gasteiger partial charge in [-0.2, -0.15) is 0 Å². The minimum atomic E-state index is -0.454. The van der Waals surface area contributed by atoms with Gasteiger partial charge in [-0.15, -0.1) is 10.2 Å². The second-order valence-corrected chi connectivity index (χ2v) is 7.10. The van der Waals surface area contributed by atoms with E-state index in [1.165, 1.54) is 11.8 Å². The van der Waals surface area contributed by atoms with E-state index in [2.05, 4.69) is 20.2 Å². The molecular weight excluding hydrogens is 378 g/mol. The molecule has 3 rings (SSSR count). The van der Waals surface area contributed by atoms with Gasteiger partial charge in [0.2, 0.25) is 0 Å². The van der Waals surface area contributed by atoms with Gasteiger partial charge in [-0.05, 0) is 38.5 Å². The number of aromatic amines is 1. The number of rotatable bonds is 7. The van der Waals surface area contributed by atoms with Crippen LogP contribution in [0.1, 0.15) is 39.0 Å². The first-order valence-electron chi connectivity index (χ1n) is 8.76. The molecule has 0 atom stereocenters. The maximum Gasteiger partial charge on any atom is 0.355 e. The highest BCUT2D eigenvalue weighted by atomic mass is 32.2. The summed E-state index contributed by atoms with van der Waals surface area (Å²) < 4.78 is 6.88. The molecule has 146 valence electrons. The van der Waals surface area contributed by atoms with Crippen molar-refractivity contribution in [2.24, 2.45) is 7.05 Å². The average molecular weight is 399 g/mol. The highest BCUT2D eigenvalue weighted by Crippen LogP contribution is 2.25. The normalized spacial score (nSPS) is 10.9. The molecule has 0 aliphatic rings. The molecule has 0 saturated heterocycles. The molecule has 0 aliphatic heterocycles. The van der Waals surface area contributed by atoms with E-state index < -0.39 is 5.97 Å². The van der Waals surface area contributed by atoms with Gasteiger partial charge in [-0.25, -0.2) is 4.79 Å². The molecule has 8 nitrogen and oxygen atoms in total. The van der Waals surface area contributed by atoms with Gasteiger partial charge in [-0.3, -0.25) is 9.78 Å². The summed E-state index contributed by atoms with van der Waals surface area (Å²) in [4.78, 5) is 31.8. The summed E-state index contributed by atoms with van der Waals surface area (Å²) in [5, 5.41) is 9.02. The summed E-state index contributed by atoms with van der Waals surface area (Å²) in [5.41, 5.74) is 3.01. The number of nitrogens with one attached hydrogen (secondary N) is 1. The highest BCUT2D eigenvalue weighted by molar-refractivity contribution is 7.99. The van der Waals surface area contributed by atoms with Gasteiger partial charge < -0.3 is 14.3 Å². The van der Waals surface area contributed by atoms with Crippen molar-refractivity contribution < 1.29 is 14.3 Å². The van der Waals surface area contributed by atoms with Crippen molar-refractivity contribution in [3.05, 3.63) is 47.0 Å². The van der Waals surface area contributed by atoms with E-state index in [9.17, 15) is 9.59 Å². The summed E-state index contributed by atoms with van der Waals surface area (Å²) >= 11 is 1.30. The second-order valence-electron chi connectivity index (χ2n) is 6.16. The van der Waals surface area contributed by atoms with Crippen molar-refractivity contribution in [2.45, 2.75) is 25.9 Å². The summed E-state index contributed by atoms with van der Waals surface area (Å²) in [6, 6.07) is 3.71. The Bertz CT molecular complexity index is 1010. The van der Waals surface area contributed by atoms with Crippen LogP contribution in [0, 0.1) is 13.8 Å². The fraction of sp³-hybridized carbons (Fsp3) is 0.316. The Morgan fingerprint density at radius 3 is 2.61 bits per heavy atom. The summed E-state index contributed by atoms with van der Waals surface area (Å²) in [7, 11) is 1.86. The number of ketones is 1. The average Bonchev–Trinajstić information content (AvgIpc) is 3.20. The Hall–Kier alpha value is -2.94. The smallest absolute Gasteiger partial charge is 0.355 e. The van der Waals surface area contributed by atoms with E-state index in [4.69, 9.17) is 4.74 Å². The minimum Gasteiger partial charge on any atom is -0.461 e. The summed E-state index contributed by atoms with van der Waals surface area (Å²) in [6.07, 6.45) is 3.39. The van der Waals surface area contributed by atoms with Crippen LogP contribution in [-0.4, -0.2) is 48.8 Å². The van der Waals surface area contributed by atoms with E-state index in [0.29, 0.717) is 33.5 Å². The lowest BCUT2D eigenvalue weighted by Crippen LogP contribution is -2.08. The number of ether oxygens (including phenoxy) is 1. The molecule has 1 N–H and O–H groups in total. The SMILES string of the molecule is CCOC(=O)c1[nH]c(C)c(C(=O)CSc2nnc(-c3ccncc3)n2C)c1C. The van der Waals surface area contributed by atoms with Crippen LogP contribution in [0.3, 0.4) is 0 Å². The lowest BCUT2D eigenvalue weighted by atomic mass is 10.1. The molecular formula is C19H21N5O3S. The van der Waals surface area contributed by atoms with Crippen LogP contribution in [-0.2, 0) is 11.8 Å². The Labute approximate surface area is 166 Å². The van der Waals surface area contributed by atoms with Gasteiger partial charge in [0.05, 0.1) is 12.4 Å². The Morgan fingerprint density at radius 2 is 1.93 bits per heavy atom. The van der Waals surface area contributed by atoms with Crippen LogP contribution < -0.4 is 0 Å². The standard InChI is InChI=1S/C19H21N5O3S/c1-5-27-18(26)16-11(2)15(12(3)21-16)14(25)10-28-19-23-22-17(24(19)4)13-6-8-20-9-7-13/h6-9,21H,5,10H2,1-4H3. The van der Waals surface area contributed by atoms with E-state index in [1.807, 2.05) is 23.7 Å². The van der Waals surface area contributed by atoms with E-state index in [0.717, 1.165) is 5.56 Å². The first-order valence-corrected chi connectivity index (χ1v) is 9.74. The number of nitrogens with zero attached hydrogens (tertiary/aromatic N) is 4. The Morgan fingerprint density at radius 1 is 1.21 bits per heavy atom. The number of hydrogen-bond acceptors (Lipinski definition) is 7. The molecule has 0 bridgehead atoms. The van der Waals surface area contributed by atoms with Gasteiger partial charge in [0.15, 0.2) is 16.8 Å². The third-order valence-electron chi connectivity index (χ3n) is 4.30. The van der Waals surface area contributed by atoms with E-state index in [-0.39, 0.29) is 18.1 Å². The van der Waals surface area contributed by atoms with Crippen molar-refractivity contribution in [3.8, 4) is 11.4 Å². The van der Waals surface area contributed by atoms with Gasteiger partial charge in [0.25, 0.3) is 0 Å². The molecule has 0 aromatic carbocycles. The minimum absolute atomic E-state index is 0.0831. The monoisotopic (exact) mass is 399 g/mol. The van der Waals surface area contributed by atoms with Crippen molar-refractivity contribution >= 4 is 23.5 Å². The molecule has 3 heterocycles. The molecule has 3 aromatic rings. The van der Waals surface area contributed by atoms with Crippen molar-refractivity contribution in [3.63, 3.8) is 0 Å². The maximum absolute atomic E-state index is 12.8. The quantitative estimate of drug-likeness (QED) is 0.370. The van der Waals surface area contributed by atoms with Crippen molar-refractivity contribution in [1.82, 2.24) is 24.7 Å². The second kappa shape index (κ2) is 8.39. The van der Waals surface area contributed by atoms with Gasteiger partial charge in [-0.1, -0.05) is 11.8 Å². The largest absolute Gasteiger partial charge is 0.461 e. The van der Waals surface area contributed by atoms with Crippen LogP contribution in [0.4, 0.5) is 0 Å². The molecule has 0 fully saturated rings. The number of pyridine rings is 1.